The number of benzene rings is 1. The molecule has 0 spiro atoms. The van der Waals surface area contributed by atoms with Crippen LogP contribution in [0, 0.1) is 25.7 Å². The maximum absolute atomic E-state index is 6.52. The van der Waals surface area contributed by atoms with Crippen molar-refractivity contribution in [3.63, 3.8) is 0 Å². The van der Waals surface area contributed by atoms with Gasteiger partial charge in [-0.2, -0.15) is 0 Å². The monoisotopic (exact) mass is 309 g/mol. The van der Waals surface area contributed by atoms with Crippen molar-refractivity contribution in [2.45, 2.75) is 52.5 Å². The Labute approximate surface area is 119 Å². The summed E-state index contributed by atoms with van der Waals surface area (Å²) >= 11 is 3.59. The Morgan fingerprint density at radius 2 is 1.72 bits per heavy atom. The zero-order valence-electron chi connectivity index (χ0n) is 11.7. The molecule has 1 aliphatic rings. The molecular formula is C16H24BrN. The fraction of sp³-hybridized carbons (Fsp3) is 0.625. The Morgan fingerprint density at radius 3 is 2.33 bits per heavy atom. The van der Waals surface area contributed by atoms with Crippen LogP contribution in [0.5, 0.6) is 0 Å². The third-order valence-electron chi connectivity index (χ3n) is 4.47. The van der Waals surface area contributed by atoms with E-state index in [9.17, 15) is 0 Å². The number of hydrogen-bond donors (Lipinski definition) is 1. The molecule has 0 aromatic heterocycles. The van der Waals surface area contributed by atoms with Crippen LogP contribution in [0.4, 0.5) is 0 Å². The van der Waals surface area contributed by atoms with Crippen LogP contribution in [0.15, 0.2) is 16.6 Å². The molecule has 18 heavy (non-hydrogen) atoms. The van der Waals surface area contributed by atoms with Crippen molar-refractivity contribution < 1.29 is 0 Å². The van der Waals surface area contributed by atoms with Gasteiger partial charge in [-0.1, -0.05) is 41.8 Å². The number of rotatable bonds is 2. The number of aryl methyl sites for hydroxylation is 2. The average molecular weight is 310 g/mol. The lowest BCUT2D eigenvalue weighted by atomic mass is 9.77. The molecule has 1 aromatic carbocycles. The fourth-order valence-electron chi connectivity index (χ4n) is 3.06. The molecule has 2 rings (SSSR count). The highest BCUT2D eigenvalue weighted by Gasteiger charge is 2.25. The SMILES string of the molecule is Cc1cc(C(N)C2CCC(C)CC2)c(C)cc1Br. The zero-order valence-corrected chi connectivity index (χ0v) is 13.3. The highest BCUT2D eigenvalue weighted by molar-refractivity contribution is 9.10. The molecule has 0 aliphatic heterocycles. The molecular weight excluding hydrogens is 286 g/mol. The van der Waals surface area contributed by atoms with Crippen LogP contribution >= 0.6 is 15.9 Å². The van der Waals surface area contributed by atoms with E-state index in [1.165, 1.54) is 46.8 Å². The molecule has 1 fully saturated rings. The topological polar surface area (TPSA) is 26.0 Å². The molecule has 0 saturated heterocycles. The largest absolute Gasteiger partial charge is 0.324 e. The van der Waals surface area contributed by atoms with Crippen LogP contribution in [0.25, 0.3) is 0 Å². The number of halogens is 1. The molecule has 0 bridgehead atoms. The molecule has 1 unspecified atom stereocenters. The molecule has 2 heteroatoms. The van der Waals surface area contributed by atoms with Gasteiger partial charge in [-0.05, 0) is 61.3 Å². The second-order valence-corrected chi connectivity index (χ2v) is 6.86. The van der Waals surface area contributed by atoms with Gasteiger partial charge < -0.3 is 5.73 Å². The second kappa shape index (κ2) is 5.75. The Bertz CT molecular complexity index is 419. The van der Waals surface area contributed by atoms with Crippen molar-refractivity contribution in [1.29, 1.82) is 0 Å². The van der Waals surface area contributed by atoms with Gasteiger partial charge in [0.1, 0.15) is 0 Å². The Kier molecular flexibility index (Phi) is 4.50. The summed E-state index contributed by atoms with van der Waals surface area (Å²) in [7, 11) is 0. The van der Waals surface area contributed by atoms with Gasteiger partial charge >= 0.3 is 0 Å². The Morgan fingerprint density at radius 1 is 1.11 bits per heavy atom. The standard InChI is InChI=1S/C16H24BrN/c1-10-4-6-13(7-5-10)16(18)14-8-12(3)15(17)9-11(14)2/h8-10,13,16H,4-7,18H2,1-3H3. The van der Waals surface area contributed by atoms with Crippen LogP contribution in [0.1, 0.15) is 55.3 Å². The minimum Gasteiger partial charge on any atom is -0.324 e. The van der Waals surface area contributed by atoms with Gasteiger partial charge in [-0.15, -0.1) is 0 Å². The maximum atomic E-state index is 6.52. The first-order chi connectivity index (χ1) is 8.49. The molecule has 2 N–H and O–H groups in total. The van der Waals surface area contributed by atoms with Crippen LogP contribution in [-0.2, 0) is 0 Å². The molecule has 0 radical (unpaired) electrons. The van der Waals surface area contributed by atoms with E-state index in [0.29, 0.717) is 5.92 Å². The smallest absolute Gasteiger partial charge is 0.0326 e. The normalized spacial score (nSPS) is 26.1. The van der Waals surface area contributed by atoms with Crippen LogP contribution in [0.2, 0.25) is 0 Å². The number of nitrogens with two attached hydrogens (primary N) is 1. The number of hydrogen-bond acceptors (Lipinski definition) is 1. The summed E-state index contributed by atoms with van der Waals surface area (Å²) in [6.07, 6.45) is 5.26. The first kappa shape index (κ1) is 14.1. The molecule has 0 amide bonds. The van der Waals surface area contributed by atoms with Crippen molar-refractivity contribution in [3.05, 3.63) is 33.3 Å². The molecule has 1 nitrogen and oxygen atoms in total. The van der Waals surface area contributed by atoms with Crippen LogP contribution in [-0.4, -0.2) is 0 Å². The van der Waals surface area contributed by atoms with E-state index in [1.54, 1.807) is 0 Å². The van der Waals surface area contributed by atoms with E-state index in [-0.39, 0.29) is 6.04 Å². The Hall–Kier alpha value is -0.340. The summed E-state index contributed by atoms with van der Waals surface area (Å²) in [5.41, 5.74) is 10.5. The van der Waals surface area contributed by atoms with Crippen molar-refractivity contribution >= 4 is 15.9 Å². The summed E-state index contributed by atoms with van der Waals surface area (Å²) in [5, 5.41) is 0. The van der Waals surface area contributed by atoms with Crippen molar-refractivity contribution in [2.75, 3.05) is 0 Å². The predicted octanol–water partition coefficient (Wildman–Crippen LogP) is 4.89. The van der Waals surface area contributed by atoms with Crippen molar-refractivity contribution in [1.82, 2.24) is 0 Å². The summed E-state index contributed by atoms with van der Waals surface area (Å²) in [6.45, 7) is 6.67. The lowest BCUT2D eigenvalue weighted by Gasteiger charge is -2.31. The van der Waals surface area contributed by atoms with E-state index >= 15 is 0 Å². The van der Waals surface area contributed by atoms with E-state index in [2.05, 4.69) is 48.8 Å². The van der Waals surface area contributed by atoms with E-state index in [1.807, 2.05) is 0 Å². The molecule has 0 heterocycles. The maximum Gasteiger partial charge on any atom is 0.0326 e. The van der Waals surface area contributed by atoms with E-state index in [0.717, 1.165) is 5.92 Å². The lowest BCUT2D eigenvalue weighted by Crippen LogP contribution is -2.26. The lowest BCUT2D eigenvalue weighted by molar-refractivity contribution is 0.255. The van der Waals surface area contributed by atoms with Gasteiger partial charge in [0.2, 0.25) is 0 Å². The highest BCUT2D eigenvalue weighted by Crippen LogP contribution is 2.37. The third kappa shape index (κ3) is 2.97. The second-order valence-electron chi connectivity index (χ2n) is 6.00. The van der Waals surface area contributed by atoms with Gasteiger partial charge in [-0.25, -0.2) is 0 Å². The Balaban J connectivity index is 2.18. The average Bonchev–Trinajstić information content (AvgIpc) is 2.34. The van der Waals surface area contributed by atoms with Gasteiger partial charge in [0.25, 0.3) is 0 Å². The summed E-state index contributed by atoms with van der Waals surface area (Å²) in [6, 6.07) is 4.68. The molecule has 1 aromatic rings. The first-order valence-electron chi connectivity index (χ1n) is 7.01. The van der Waals surface area contributed by atoms with Gasteiger partial charge in [-0.3, -0.25) is 0 Å². The first-order valence-corrected chi connectivity index (χ1v) is 7.80. The molecule has 1 atom stereocenters. The highest BCUT2D eigenvalue weighted by atomic mass is 79.9. The third-order valence-corrected chi connectivity index (χ3v) is 5.33. The van der Waals surface area contributed by atoms with Crippen LogP contribution < -0.4 is 5.73 Å². The van der Waals surface area contributed by atoms with Gasteiger partial charge in [0.15, 0.2) is 0 Å². The predicted molar refractivity (Wildman–Crippen MR) is 81.7 cm³/mol. The van der Waals surface area contributed by atoms with Crippen molar-refractivity contribution in [3.8, 4) is 0 Å². The van der Waals surface area contributed by atoms with Gasteiger partial charge in [0, 0.05) is 10.5 Å². The van der Waals surface area contributed by atoms with Crippen LogP contribution in [0.3, 0.4) is 0 Å². The fourth-order valence-corrected chi connectivity index (χ4v) is 3.52. The van der Waals surface area contributed by atoms with E-state index in [4.69, 9.17) is 5.73 Å². The quantitative estimate of drug-likeness (QED) is 0.826. The summed E-state index contributed by atoms with van der Waals surface area (Å²) in [5.74, 6) is 1.56. The summed E-state index contributed by atoms with van der Waals surface area (Å²) < 4.78 is 1.19. The zero-order chi connectivity index (χ0) is 13.3. The molecule has 100 valence electrons. The van der Waals surface area contributed by atoms with Crippen molar-refractivity contribution in [2.24, 2.45) is 17.6 Å². The van der Waals surface area contributed by atoms with Gasteiger partial charge in [0.05, 0.1) is 0 Å². The van der Waals surface area contributed by atoms with E-state index < -0.39 is 0 Å². The minimum absolute atomic E-state index is 0.212. The summed E-state index contributed by atoms with van der Waals surface area (Å²) in [4.78, 5) is 0. The minimum atomic E-state index is 0.212. The molecule has 1 aliphatic carbocycles. The molecule has 1 saturated carbocycles.